The molecule has 0 unspecified atom stereocenters. The normalized spacial score (nSPS) is 6.33. The van der Waals surface area contributed by atoms with Gasteiger partial charge in [-0.05, 0) is 6.92 Å². The number of hydrogen-bond acceptors (Lipinski definition) is 2. The summed E-state index contributed by atoms with van der Waals surface area (Å²) in [6.45, 7) is 5.13. The Hall–Kier alpha value is 1.05. The van der Waals surface area contributed by atoms with Gasteiger partial charge in [0.15, 0.2) is 0 Å². The minimum atomic E-state index is 0. The first-order chi connectivity index (χ1) is 2.27. The average Bonchev–Trinajstić information content (AvgIpc) is 1.38. The van der Waals surface area contributed by atoms with Gasteiger partial charge in [-0.1, -0.05) is 6.58 Å². The molecular weight excluding hydrogens is 107 g/mol. The Kier molecular flexibility index (Phi) is 10.2. The molecule has 0 spiro atoms. The summed E-state index contributed by atoms with van der Waals surface area (Å²) < 4.78 is 7.96. The molecule has 0 amide bonds. The van der Waals surface area contributed by atoms with Crippen molar-refractivity contribution in [1.29, 1.82) is 0 Å². The summed E-state index contributed by atoms with van der Waals surface area (Å²) >= 11 is 0.685. The molecule has 1 nitrogen and oxygen atoms in total. The molecule has 0 aliphatic heterocycles. The van der Waals surface area contributed by atoms with Crippen LogP contribution < -0.4 is 0 Å². The summed E-state index contributed by atoms with van der Waals surface area (Å²) in [4.78, 5) is 0.727. The van der Waals surface area contributed by atoms with Gasteiger partial charge in [-0.2, -0.15) is 0 Å². The number of rotatable bonds is 1. The molecule has 0 rings (SSSR count). The fraction of sp³-hybridized carbons (Fsp3) is 0.333. The maximum atomic E-state index is 7.96. The molecule has 0 atom stereocenters. The molecule has 32 valence electrons. The van der Waals surface area contributed by atoms with Crippen LogP contribution in [0.2, 0.25) is 0 Å². The predicted molar refractivity (Wildman–Crippen MR) is 32.2 cm³/mol. The Bertz CT molecular complexity index is 46.1. The standard InChI is InChI=1S/C3H6OS.Na.H/c1-3(2)5-4;;/h4H,1H2,2H3;;. The fourth-order valence-electron chi connectivity index (χ4n) is 0. The second-order valence-corrected chi connectivity index (χ2v) is 1.67. The molecule has 0 radical (unpaired) electrons. The third-order valence-electron chi connectivity index (χ3n) is 0.156. The summed E-state index contributed by atoms with van der Waals surface area (Å²) in [6.07, 6.45) is 0. The summed E-state index contributed by atoms with van der Waals surface area (Å²) in [7, 11) is 0. The van der Waals surface area contributed by atoms with Crippen molar-refractivity contribution in [2.45, 2.75) is 6.92 Å². The zero-order valence-corrected chi connectivity index (χ0v) is 3.88. The van der Waals surface area contributed by atoms with Crippen LogP contribution in [0.15, 0.2) is 11.5 Å². The molecule has 3 heteroatoms. The van der Waals surface area contributed by atoms with Gasteiger partial charge in [0.2, 0.25) is 0 Å². The van der Waals surface area contributed by atoms with E-state index >= 15 is 0 Å². The summed E-state index contributed by atoms with van der Waals surface area (Å²) in [5, 5.41) is 0. The molecule has 0 saturated carbocycles. The van der Waals surface area contributed by atoms with Gasteiger partial charge in [-0.3, -0.25) is 0 Å². The van der Waals surface area contributed by atoms with Crippen molar-refractivity contribution in [3.05, 3.63) is 11.5 Å². The zero-order valence-electron chi connectivity index (χ0n) is 3.06. The van der Waals surface area contributed by atoms with Crippen molar-refractivity contribution < 1.29 is 4.55 Å². The van der Waals surface area contributed by atoms with Crippen molar-refractivity contribution in [1.82, 2.24) is 0 Å². The molecule has 0 bridgehead atoms. The van der Waals surface area contributed by atoms with Gasteiger partial charge in [-0.15, -0.1) is 0 Å². The second kappa shape index (κ2) is 6.05. The van der Waals surface area contributed by atoms with Crippen LogP contribution >= 0.6 is 12.0 Å². The van der Waals surface area contributed by atoms with Crippen LogP contribution in [0.25, 0.3) is 0 Å². The van der Waals surface area contributed by atoms with E-state index in [-0.39, 0.29) is 29.6 Å². The molecule has 0 aliphatic rings. The van der Waals surface area contributed by atoms with Crippen molar-refractivity contribution in [3.8, 4) is 0 Å². The Balaban J connectivity index is 0. The topological polar surface area (TPSA) is 20.2 Å². The molecule has 0 aromatic heterocycles. The van der Waals surface area contributed by atoms with Crippen LogP contribution in [0.4, 0.5) is 0 Å². The van der Waals surface area contributed by atoms with Crippen LogP contribution in [0.5, 0.6) is 0 Å². The molecule has 6 heavy (non-hydrogen) atoms. The maximum absolute atomic E-state index is 7.96. The third-order valence-corrected chi connectivity index (χ3v) is 0.468. The van der Waals surface area contributed by atoms with Crippen LogP contribution in [0, 0.1) is 0 Å². The van der Waals surface area contributed by atoms with E-state index in [1.54, 1.807) is 6.92 Å². The number of hydrogen-bond donors (Lipinski definition) is 1. The molecule has 0 heterocycles. The van der Waals surface area contributed by atoms with Gasteiger partial charge in [0, 0.05) is 16.9 Å². The molecule has 0 fully saturated rings. The first-order valence-corrected chi connectivity index (χ1v) is 2.01. The van der Waals surface area contributed by atoms with Crippen molar-refractivity contribution >= 4 is 41.6 Å². The van der Waals surface area contributed by atoms with E-state index < -0.39 is 0 Å². The first-order valence-electron chi connectivity index (χ1n) is 1.24. The molecule has 0 aliphatic carbocycles. The average molecular weight is 114 g/mol. The molecular formula is C3H7NaOS. The third kappa shape index (κ3) is 8.90. The van der Waals surface area contributed by atoms with Gasteiger partial charge in [0.25, 0.3) is 0 Å². The summed E-state index contributed by atoms with van der Waals surface area (Å²) in [5.41, 5.74) is 0. The van der Waals surface area contributed by atoms with Gasteiger partial charge in [0.1, 0.15) is 0 Å². The van der Waals surface area contributed by atoms with Gasteiger partial charge in [-0.25, -0.2) is 0 Å². The summed E-state index contributed by atoms with van der Waals surface area (Å²) in [5.74, 6) is 0. The Morgan fingerprint density at radius 3 is 2.00 bits per heavy atom. The first kappa shape index (κ1) is 10.1. The summed E-state index contributed by atoms with van der Waals surface area (Å²) in [6, 6.07) is 0. The zero-order chi connectivity index (χ0) is 4.28. The Morgan fingerprint density at radius 2 is 2.00 bits per heavy atom. The van der Waals surface area contributed by atoms with Crippen molar-refractivity contribution in [3.63, 3.8) is 0 Å². The minimum absolute atomic E-state index is 0. The SMILES string of the molecule is C=C(C)SO.[NaH]. The second-order valence-electron chi connectivity index (χ2n) is 0.793. The predicted octanol–water partition coefficient (Wildman–Crippen LogP) is 1.08. The van der Waals surface area contributed by atoms with E-state index in [0.717, 1.165) is 4.91 Å². The van der Waals surface area contributed by atoms with Crippen molar-refractivity contribution in [2.75, 3.05) is 0 Å². The number of allylic oxidation sites excluding steroid dienone is 1. The quantitative estimate of drug-likeness (QED) is 0.406. The molecule has 0 aromatic carbocycles. The van der Waals surface area contributed by atoms with E-state index in [1.165, 1.54) is 0 Å². The Morgan fingerprint density at radius 1 is 1.83 bits per heavy atom. The van der Waals surface area contributed by atoms with Crippen LogP contribution in [-0.4, -0.2) is 34.1 Å². The van der Waals surface area contributed by atoms with Crippen LogP contribution in [-0.2, 0) is 0 Å². The van der Waals surface area contributed by atoms with Crippen molar-refractivity contribution in [2.24, 2.45) is 0 Å². The monoisotopic (exact) mass is 114 g/mol. The van der Waals surface area contributed by atoms with Crippen LogP contribution in [0.1, 0.15) is 6.92 Å². The van der Waals surface area contributed by atoms with E-state index in [2.05, 4.69) is 6.58 Å². The molecule has 0 aromatic rings. The van der Waals surface area contributed by atoms with Gasteiger partial charge >= 0.3 is 29.6 Å². The van der Waals surface area contributed by atoms with E-state index in [9.17, 15) is 0 Å². The molecule has 0 saturated heterocycles. The van der Waals surface area contributed by atoms with E-state index in [1.807, 2.05) is 0 Å². The van der Waals surface area contributed by atoms with E-state index in [0.29, 0.717) is 12.0 Å². The fourth-order valence-corrected chi connectivity index (χ4v) is 0. The van der Waals surface area contributed by atoms with Gasteiger partial charge < -0.3 is 4.55 Å². The van der Waals surface area contributed by atoms with E-state index in [4.69, 9.17) is 4.55 Å². The van der Waals surface area contributed by atoms with Gasteiger partial charge in [0.05, 0.1) is 0 Å². The van der Waals surface area contributed by atoms with Crippen LogP contribution in [0.3, 0.4) is 0 Å². The molecule has 1 N–H and O–H groups in total. The Labute approximate surface area is 64.3 Å².